The van der Waals surface area contributed by atoms with Gasteiger partial charge in [-0.05, 0) is 36.2 Å². The van der Waals surface area contributed by atoms with E-state index in [4.69, 9.17) is 15.6 Å². The molecule has 0 amide bonds. The number of carbonyl (C=O) groups is 1. The summed E-state index contributed by atoms with van der Waals surface area (Å²) in [5, 5.41) is 13.3. The van der Waals surface area contributed by atoms with Gasteiger partial charge in [0.15, 0.2) is 9.84 Å². The summed E-state index contributed by atoms with van der Waals surface area (Å²) in [4.78, 5) is 23.1. The third-order valence-corrected chi connectivity index (χ3v) is 7.10. The summed E-state index contributed by atoms with van der Waals surface area (Å²) in [7, 11) is -3.25. The van der Waals surface area contributed by atoms with Crippen LogP contribution in [-0.2, 0) is 34.0 Å². The first-order valence-electron chi connectivity index (χ1n) is 10.2. The predicted octanol–water partition coefficient (Wildman–Crippen LogP) is 3.23. The molecule has 2 heterocycles. The molecule has 0 atom stereocenters. The number of carboxylic acids is 1. The van der Waals surface area contributed by atoms with Crippen molar-refractivity contribution in [3.05, 3.63) is 69.2 Å². The Morgan fingerprint density at radius 1 is 1.16 bits per heavy atom. The summed E-state index contributed by atoms with van der Waals surface area (Å²) in [5.41, 5.74) is 5.50. The minimum Gasteiger partial charge on any atom is -0.475 e. The number of aromatic amines is 1. The maximum atomic E-state index is 12.9. The fourth-order valence-corrected chi connectivity index (χ4v) is 4.51. The summed E-state index contributed by atoms with van der Waals surface area (Å²) in [6, 6.07) is 10.5. The summed E-state index contributed by atoms with van der Waals surface area (Å²) in [6.45, 7) is -0.0286. The van der Waals surface area contributed by atoms with Crippen molar-refractivity contribution in [1.29, 1.82) is 0 Å². The van der Waals surface area contributed by atoms with Crippen LogP contribution < -0.4 is 11.4 Å². The van der Waals surface area contributed by atoms with Gasteiger partial charge in [-0.2, -0.15) is 27.1 Å². The summed E-state index contributed by atoms with van der Waals surface area (Å²) in [6.07, 6.45) is -5.46. The average molecular weight is 569 g/mol. The van der Waals surface area contributed by atoms with Crippen LogP contribution >= 0.6 is 11.3 Å². The number of thiophene rings is 1. The molecule has 2 aromatic heterocycles. The molecule has 0 aliphatic heterocycles. The maximum absolute atomic E-state index is 12.9. The molecule has 37 heavy (non-hydrogen) atoms. The molecule has 0 saturated carbocycles. The molecule has 1 aromatic carbocycles. The number of benzene rings is 1. The van der Waals surface area contributed by atoms with E-state index in [9.17, 15) is 35.2 Å². The second-order valence-electron chi connectivity index (χ2n) is 7.46. The van der Waals surface area contributed by atoms with Crippen LogP contribution in [0.15, 0.2) is 57.7 Å². The van der Waals surface area contributed by atoms with Crippen molar-refractivity contribution >= 4 is 27.1 Å². The van der Waals surface area contributed by atoms with Crippen LogP contribution in [0.1, 0.15) is 10.7 Å². The van der Waals surface area contributed by atoms with Gasteiger partial charge in [0.05, 0.1) is 4.90 Å². The lowest BCUT2D eigenvalue weighted by Gasteiger charge is -2.06. The number of aryl methyl sites for hydroxylation is 1. The van der Waals surface area contributed by atoms with Crippen LogP contribution in [0.3, 0.4) is 0 Å². The molecule has 0 saturated heterocycles. The molecular weight excluding hydrogens is 547 g/mol. The van der Waals surface area contributed by atoms with Crippen molar-refractivity contribution in [2.24, 2.45) is 5.73 Å². The monoisotopic (exact) mass is 568 g/mol. The number of rotatable bonds is 8. The van der Waals surface area contributed by atoms with Gasteiger partial charge in [-0.15, -0.1) is 11.3 Å². The molecule has 0 bridgehead atoms. The quantitative estimate of drug-likeness (QED) is 0.354. The van der Waals surface area contributed by atoms with Gasteiger partial charge in [-0.25, -0.2) is 23.1 Å². The van der Waals surface area contributed by atoms with E-state index in [1.54, 1.807) is 24.3 Å². The van der Waals surface area contributed by atoms with Crippen molar-refractivity contribution in [3.8, 4) is 10.4 Å². The number of sulfone groups is 1. The van der Waals surface area contributed by atoms with E-state index in [1.165, 1.54) is 15.9 Å². The topological polar surface area (TPSA) is 148 Å². The number of hydrogen-bond donors (Lipinski definition) is 3. The average Bonchev–Trinajstić information content (AvgIpc) is 3.41. The molecule has 0 radical (unpaired) electrons. The van der Waals surface area contributed by atoms with Crippen molar-refractivity contribution in [2.45, 2.75) is 30.5 Å². The summed E-state index contributed by atoms with van der Waals surface area (Å²) < 4.78 is 82.0. The van der Waals surface area contributed by atoms with E-state index >= 15 is 0 Å². The number of nitrogens with one attached hydrogen (secondary N) is 1. The van der Waals surface area contributed by atoms with Crippen LogP contribution in [0.4, 0.5) is 22.0 Å². The molecule has 9 nitrogen and oxygen atoms in total. The third-order valence-electron chi connectivity index (χ3n) is 4.78. The van der Waals surface area contributed by atoms with Gasteiger partial charge in [0.2, 0.25) is 0 Å². The van der Waals surface area contributed by atoms with E-state index in [-0.39, 0.29) is 35.8 Å². The smallest absolute Gasteiger partial charge is 0.475 e. The van der Waals surface area contributed by atoms with Crippen molar-refractivity contribution in [3.63, 3.8) is 0 Å². The van der Waals surface area contributed by atoms with E-state index in [0.29, 0.717) is 6.42 Å². The Hall–Kier alpha value is -3.37. The highest BCUT2D eigenvalue weighted by Gasteiger charge is 2.38. The minimum atomic E-state index is -5.08. The SMILES string of the molecule is CS(=O)(=O)c1ccc(-c2ccc(CCn3c(CC(CN)=C(F)F)n[nH]c3=O)s2)cc1.O=C(O)C(F)(F)F. The molecule has 16 heteroatoms. The molecule has 0 aliphatic rings. The fraction of sp³-hybridized carbons (Fsp3) is 0.286. The Morgan fingerprint density at radius 2 is 1.76 bits per heavy atom. The zero-order valence-electron chi connectivity index (χ0n) is 19.1. The lowest BCUT2D eigenvalue weighted by atomic mass is 10.2. The molecule has 202 valence electrons. The number of nitrogens with two attached hydrogens (primary N) is 1. The summed E-state index contributed by atoms with van der Waals surface area (Å²) >= 11 is 1.51. The molecule has 0 fully saturated rings. The lowest BCUT2D eigenvalue weighted by molar-refractivity contribution is -0.192. The van der Waals surface area contributed by atoms with Gasteiger partial charge >= 0.3 is 17.8 Å². The van der Waals surface area contributed by atoms with E-state index < -0.39 is 33.8 Å². The van der Waals surface area contributed by atoms with E-state index in [1.807, 2.05) is 12.1 Å². The van der Waals surface area contributed by atoms with Gasteiger partial charge in [0.1, 0.15) is 5.82 Å². The second-order valence-corrected chi connectivity index (χ2v) is 10.6. The Kier molecular flexibility index (Phi) is 9.88. The number of halogens is 5. The van der Waals surface area contributed by atoms with Crippen molar-refractivity contribution < 1.29 is 40.3 Å². The van der Waals surface area contributed by atoms with Crippen LogP contribution in [0, 0.1) is 0 Å². The van der Waals surface area contributed by atoms with Crippen LogP contribution in [0.25, 0.3) is 10.4 Å². The number of carboxylic acid groups (broad SMARTS) is 1. The molecule has 4 N–H and O–H groups in total. The number of alkyl halides is 3. The second kappa shape index (κ2) is 12.2. The Morgan fingerprint density at radius 3 is 2.24 bits per heavy atom. The Bertz CT molecular complexity index is 1420. The van der Waals surface area contributed by atoms with Gasteiger partial charge in [-0.1, -0.05) is 12.1 Å². The van der Waals surface area contributed by atoms with Gasteiger partial charge in [0.25, 0.3) is 6.08 Å². The Balaban J connectivity index is 0.000000604. The third kappa shape index (κ3) is 8.61. The van der Waals surface area contributed by atoms with Crippen molar-refractivity contribution in [2.75, 3.05) is 12.8 Å². The zero-order chi connectivity index (χ0) is 28.0. The van der Waals surface area contributed by atoms with Crippen LogP contribution in [-0.4, -0.2) is 53.2 Å². The number of aromatic nitrogens is 3. The van der Waals surface area contributed by atoms with Crippen LogP contribution in [0.5, 0.6) is 0 Å². The highest BCUT2D eigenvalue weighted by Crippen LogP contribution is 2.29. The van der Waals surface area contributed by atoms with Gasteiger partial charge in [0, 0.05) is 41.1 Å². The maximum Gasteiger partial charge on any atom is 0.490 e. The molecule has 0 aliphatic carbocycles. The highest BCUT2D eigenvalue weighted by molar-refractivity contribution is 7.90. The molecule has 0 spiro atoms. The van der Waals surface area contributed by atoms with Gasteiger partial charge in [-0.3, -0.25) is 4.57 Å². The van der Waals surface area contributed by atoms with Gasteiger partial charge < -0.3 is 10.8 Å². The first kappa shape index (κ1) is 29.9. The minimum absolute atomic E-state index is 0.194. The first-order chi connectivity index (χ1) is 17.1. The van der Waals surface area contributed by atoms with Crippen LogP contribution in [0.2, 0.25) is 0 Å². The largest absolute Gasteiger partial charge is 0.490 e. The lowest BCUT2D eigenvalue weighted by Crippen LogP contribution is -2.21. The normalized spacial score (nSPS) is 11.5. The molecule has 0 unspecified atom stereocenters. The number of aliphatic carboxylic acids is 1. The number of hydrogen-bond acceptors (Lipinski definition) is 7. The first-order valence-corrected chi connectivity index (χ1v) is 12.9. The standard InChI is InChI=1S/C19H20F2N4O3S2.C2HF3O2/c1-30(27,28)15-5-2-12(3-6-15)16-7-4-14(29-16)8-9-25-17(23-24-19(25)26)10-13(11-22)18(20)21;3-2(4,5)1(6)7/h2-7H,8-11,22H2,1H3,(H,24,26);(H,6,7). The van der Waals surface area contributed by atoms with Crippen molar-refractivity contribution in [1.82, 2.24) is 14.8 Å². The number of H-pyrrole nitrogens is 1. The Labute approximate surface area is 211 Å². The highest BCUT2D eigenvalue weighted by atomic mass is 32.2. The molecule has 3 rings (SSSR count). The van der Waals surface area contributed by atoms with E-state index in [2.05, 4.69) is 10.2 Å². The summed E-state index contributed by atoms with van der Waals surface area (Å²) in [5.74, 6) is -2.55. The zero-order valence-corrected chi connectivity index (χ0v) is 20.7. The number of nitrogens with zero attached hydrogens (tertiary/aromatic N) is 2. The fourth-order valence-electron chi connectivity index (χ4n) is 2.88. The molecular formula is C21H21F5N4O5S2. The predicted molar refractivity (Wildman–Crippen MR) is 125 cm³/mol. The molecule has 3 aromatic rings. The van der Waals surface area contributed by atoms with E-state index in [0.717, 1.165) is 21.6 Å².